The van der Waals surface area contributed by atoms with Crippen LogP contribution in [0.3, 0.4) is 0 Å². The van der Waals surface area contributed by atoms with Gasteiger partial charge < -0.3 is 10.1 Å². The smallest absolute Gasteiger partial charge is 0.328 e. The third kappa shape index (κ3) is 5.73. The summed E-state index contributed by atoms with van der Waals surface area (Å²) in [6, 6.07) is 3.55. The minimum absolute atomic E-state index is 0. The molecule has 2 saturated heterocycles. The first-order valence-corrected chi connectivity index (χ1v) is 10.2. The molecule has 3 aliphatic rings. The fourth-order valence-electron chi connectivity index (χ4n) is 3.29. The topological polar surface area (TPSA) is 83.0 Å². The number of esters is 1. The number of hydrogen-bond acceptors (Lipinski definition) is 7. The number of ether oxygens (including phenoxy) is 1. The number of hydrogen-bond donors (Lipinski definition) is 2. The van der Waals surface area contributed by atoms with Gasteiger partial charge >= 0.3 is 5.97 Å². The molecule has 4 rings (SSSR count). The van der Waals surface area contributed by atoms with E-state index in [4.69, 9.17) is 4.74 Å². The number of carbonyl (C=O) groups excluding carboxylic acids is 2. The van der Waals surface area contributed by atoms with Crippen molar-refractivity contribution < 1.29 is 18.7 Å². The van der Waals surface area contributed by atoms with Crippen molar-refractivity contribution in [1.82, 2.24) is 15.8 Å². The third-order valence-electron chi connectivity index (χ3n) is 4.77. The van der Waals surface area contributed by atoms with Crippen LogP contribution in [0.2, 0.25) is 0 Å². The van der Waals surface area contributed by atoms with E-state index in [0.717, 1.165) is 45.0 Å². The fraction of sp³-hybridized carbons (Fsp3) is 0.421. The molecule has 164 valence electrons. The van der Waals surface area contributed by atoms with Gasteiger partial charge in [0, 0.05) is 24.7 Å². The van der Waals surface area contributed by atoms with Crippen molar-refractivity contribution in [1.29, 1.82) is 0 Å². The Morgan fingerprint density at radius 3 is 2.80 bits per heavy atom. The summed E-state index contributed by atoms with van der Waals surface area (Å²) >= 11 is 1.26. The summed E-state index contributed by atoms with van der Waals surface area (Å²) in [4.78, 5) is 29.1. The summed E-state index contributed by atoms with van der Waals surface area (Å²) in [7, 11) is 0. The van der Waals surface area contributed by atoms with Gasteiger partial charge in [0.25, 0.3) is 5.91 Å². The van der Waals surface area contributed by atoms with Crippen LogP contribution in [0.1, 0.15) is 31.2 Å². The van der Waals surface area contributed by atoms with Crippen molar-refractivity contribution >= 4 is 59.7 Å². The number of nitrogens with zero attached hydrogens (tertiary/aromatic N) is 2. The van der Waals surface area contributed by atoms with Gasteiger partial charge in [-0.3, -0.25) is 9.80 Å². The molecule has 1 aromatic rings. The molecule has 2 N–H and O–H groups in total. The Morgan fingerprint density at radius 2 is 2.10 bits per heavy atom. The van der Waals surface area contributed by atoms with Crippen molar-refractivity contribution in [2.75, 3.05) is 19.6 Å². The highest BCUT2D eigenvalue weighted by molar-refractivity contribution is 8.18. The molecule has 2 fully saturated rings. The Kier molecular flexibility index (Phi) is 9.11. The van der Waals surface area contributed by atoms with Crippen LogP contribution in [0.15, 0.2) is 28.1 Å². The minimum Gasteiger partial charge on any atom is -0.425 e. The van der Waals surface area contributed by atoms with E-state index >= 15 is 0 Å². The van der Waals surface area contributed by atoms with E-state index in [1.165, 1.54) is 23.9 Å². The summed E-state index contributed by atoms with van der Waals surface area (Å²) in [5.74, 6) is -1.21. The molecule has 0 bridgehead atoms. The van der Waals surface area contributed by atoms with Crippen LogP contribution in [0.4, 0.5) is 4.39 Å². The van der Waals surface area contributed by atoms with Crippen molar-refractivity contribution in [2.24, 2.45) is 4.99 Å². The number of amides is 1. The maximum Gasteiger partial charge on any atom is 0.328 e. The molecule has 0 radical (unpaired) electrons. The molecule has 0 saturated carbocycles. The van der Waals surface area contributed by atoms with E-state index in [-0.39, 0.29) is 42.5 Å². The number of carbonyl (C=O) groups is 2. The zero-order valence-electron chi connectivity index (χ0n) is 16.1. The Balaban J connectivity index is 0.00000160. The van der Waals surface area contributed by atoms with Crippen LogP contribution in [-0.4, -0.2) is 47.7 Å². The Bertz CT molecular complexity index is 856. The van der Waals surface area contributed by atoms with E-state index in [9.17, 15) is 14.0 Å². The normalized spacial score (nSPS) is 22.4. The summed E-state index contributed by atoms with van der Waals surface area (Å²) < 4.78 is 19.2. The van der Waals surface area contributed by atoms with Gasteiger partial charge in [0.15, 0.2) is 5.17 Å². The van der Waals surface area contributed by atoms with E-state index in [0.29, 0.717) is 22.1 Å². The Morgan fingerprint density at radius 1 is 1.27 bits per heavy atom. The SMILES string of the molecule is Cl.Cl.O=C1N=C(N2CCCCN2)S/C1=C/c1ccc(F)cc1OC(=O)[C@@H]1CCCN1. The van der Waals surface area contributed by atoms with Crippen LogP contribution in [0, 0.1) is 5.82 Å². The van der Waals surface area contributed by atoms with E-state index in [2.05, 4.69) is 15.7 Å². The first-order chi connectivity index (χ1) is 13.6. The van der Waals surface area contributed by atoms with Crippen molar-refractivity contribution in [3.63, 3.8) is 0 Å². The second-order valence-corrected chi connectivity index (χ2v) is 7.84. The molecule has 30 heavy (non-hydrogen) atoms. The molecule has 1 aromatic carbocycles. The van der Waals surface area contributed by atoms with Crippen molar-refractivity contribution in [3.8, 4) is 5.75 Å². The third-order valence-corrected chi connectivity index (χ3v) is 5.78. The van der Waals surface area contributed by atoms with Crippen LogP contribution >= 0.6 is 36.6 Å². The lowest BCUT2D eigenvalue weighted by molar-refractivity contribution is -0.136. The molecule has 3 heterocycles. The van der Waals surface area contributed by atoms with E-state index in [1.54, 1.807) is 6.08 Å². The van der Waals surface area contributed by atoms with Crippen LogP contribution in [0.25, 0.3) is 6.08 Å². The van der Waals surface area contributed by atoms with E-state index in [1.807, 2.05) is 5.01 Å². The highest BCUT2D eigenvalue weighted by Crippen LogP contribution is 2.33. The summed E-state index contributed by atoms with van der Waals surface area (Å²) in [6.45, 7) is 2.40. The fourth-order valence-corrected chi connectivity index (χ4v) is 4.20. The molecule has 0 aliphatic carbocycles. The van der Waals surface area contributed by atoms with Gasteiger partial charge in [0.05, 0.1) is 4.91 Å². The number of aliphatic imine (C=N–C) groups is 1. The van der Waals surface area contributed by atoms with Gasteiger partial charge in [-0.2, -0.15) is 4.99 Å². The van der Waals surface area contributed by atoms with E-state index < -0.39 is 11.8 Å². The first-order valence-electron chi connectivity index (χ1n) is 9.38. The van der Waals surface area contributed by atoms with Gasteiger partial charge in [-0.25, -0.2) is 14.6 Å². The Hall–Kier alpha value is -1.65. The maximum atomic E-state index is 13.7. The maximum absolute atomic E-state index is 13.7. The number of amidine groups is 1. The molecular weight excluding hydrogens is 454 g/mol. The molecule has 0 unspecified atom stereocenters. The van der Waals surface area contributed by atoms with Crippen LogP contribution in [0.5, 0.6) is 5.75 Å². The van der Waals surface area contributed by atoms with Crippen molar-refractivity contribution in [3.05, 3.63) is 34.5 Å². The molecular formula is C19H23Cl2FN4O3S. The molecule has 0 spiro atoms. The second kappa shape index (κ2) is 11.1. The van der Waals surface area contributed by atoms with Crippen LogP contribution < -0.4 is 15.5 Å². The molecule has 7 nitrogen and oxygen atoms in total. The summed E-state index contributed by atoms with van der Waals surface area (Å²) in [6.07, 6.45) is 5.31. The van der Waals surface area contributed by atoms with Gasteiger partial charge in [-0.1, -0.05) is 0 Å². The minimum atomic E-state index is -0.510. The molecule has 1 atom stereocenters. The zero-order chi connectivity index (χ0) is 19.5. The standard InChI is InChI=1S/C19H21FN4O3S.2ClH/c20-13-6-5-12(15(11-13)27-18(26)14-4-3-7-21-14)10-16-17(25)23-19(28-16)24-9-2-1-8-22-24;;/h5-6,10-11,14,21-22H,1-4,7-9H2;2*1H/b16-10+;;/t14-;;/m0../s1. The van der Waals surface area contributed by atoms with Gasteiger partial charge in [-0.05, 0) is 62.2 Å². The average molecular weight is 477 g/mol. The lowest BCUT2D eigenvalue weighted by atomic mass is 10.1. The molecule has 11 heteroatoms. The lowest BCUT2D eigenvalue weighted by Gasteiger charge is -2.28. The number of halogens is 3. The highest BCUT2D eigenvalue weighted by Gasteiger charge is 2.28. The van der Waals surface area contributed by atoms with Gasteiger partial charge in [0.1, 0.15) is 17.6 Å². The van der Waals surface area contributed by atoms with Gasteiger partial charge in [0.2, 0.25) is 0 Å². The molecule has 1 amide bonds. The van der Waals surface area contributed by atoms with Crippen LogP contribution in [-0.2, 0) is 9.59 Å². The monoisotopic (exact) mass is 476 g/mol. The number of benzene rings is 1. The number of thioether (sulfide) groups is 1. The average Bonchev–Trinajstić information content (AvgIpc) is 3.35. The highest BCUT2D eigenvalue weighted by atomic mass is 35.5. The first kappa shape index (κ1) is 24.6. The zero-order valence-corrected chi connectivity index (χ0v) is 18.5. The predicted molar refractivity (Wildman–Crippen MR) is 120 cm³/mol. The lowest BCUT2D eigenvalue weighted by Crippen LogP contribution is -2.45. The number of rotatable bonds is 3. The quantitative estimate of drug-likeness (QED) is 0.394. The largest absolute Gasteiger partial charge is 0.425 e. The number of nitrogens with one attached hydrogen (secondary N) is 2. The second-order valence-electron chi connectivity index (χ2n) is 6.83. The molecule has 0 aromatic heterocycles. The predicted octanol–water partition coefficient (Wildman–Crippen LogP) is 2.90. The summed E-state index contributed by atoms with van der Waals surface area (Å²) in [5, 5.41) is 5.54. The summed E-state index contributed by atoms with van der Waals surface area (Å²) in [5.41, 5.74) is 3.68. The van der Waals surface area contributed by atoms with Gasteiger partial charge in [-0.15, -0.1) is 24.8 Å². The Labute approximate surface area is 190 Å². The number of hydrazine groups is 1. The van der Waals surface area contributed by atoms with Crippen molar-refractivity contribution in [2.45, 2.75) is 31.7 Å². The molecule has 3 aliphatic heterocycles.